The minimum Gasteiger partial charge on any atom is -0.462 e. The molecule has 5 heteroatoms. The summed E-state index contributed by atoms with van der Waals surface area (Å²) in [5, 5.41) is 0. The van der Waals surface area contributed by atoms with E-state index < -0.39 is 17.7 Å². The van der Waals surface area contributed by atoms with Crippen LogP contribution in [0.15, 0.2) is 24.3 Å². The van der Waals surface area contributed by atoms with Crippen molar-refractivity contribution in [3.63, 3.8) is 0 Å². The van der Waals surface area contributed by atoms with E-state index in [1.807, 2.05) is 0 Å². The number of esters is 1. The van der Waals surface area contributed by atoms with Crippen LogP contribution in [-0.2, 0) is 15.7 Å². The highest BCUT2D eigenvalue weighted by atomic mass is 19.4. The van der Waals surface area contributed by atoms with Crippen molar-refractivity contribution in [2.45, 2.75) is 31.5 Å². The first-order valence-electron chi connectivity index (χ1n) is 5.25. The van der Waals surface area contributed by atoms with Gasteiger partial charge in [-0.2, -0.15) is 13.2 Å². The maximum atomic E-state index is 12.3. The summed E-state index contributed by atoms with van der Waals surface area (Å²) in [5.41, 5.74) is -0.131. The second-order valence-electron chi connectivity index (χ2n) is 4.16. The third-order valence-electron chi connectivity index (χ3n) is 2.81. The summed E-state index contributed by atoms with van der Waals surface area (Å²) in [6.45, 7) is 1.77. The minimum atomic E-state index is -4.35. The first kappa shape index (κ1) is 12.0. The van der Waals surface area contributed by atoms with Crippen molar-refractivity contribution in [1.82, 2.24) is 0 Å². The lowest BCUT2D eigenvalue weighted by atomic mass is 9.95. The van der Waals surface area contributed by atoms with Gasteiger partial charge in [-0.05, 0) is 24.6 Å². The predicted octanol–water partition coefficient (Wildman–Crippen LogP) is 3.12. The van der Waals surface area contributed by atoms with E-state index in [1.54, 1.807) is 6.92 Å². The molecule has 0 radical (unpaired) electrons. The highest BCUT2D eigenvalue weighted by molar-refractivity contribution is 5.80. The molecule has 2 rings (SSSR count). The van der Waals surface area contributed by atoms with E-state index in [-0.39, 0.29) is 12.1 Å². The van der Waals surface area contributed by atoms with Gasteiger partial charge in [0, 0.05) is 6.42 Å². The van der Waals surface area contributed by atoms with Crippen molar-refractivity contribution in [3.8, 4) is 0 Å². The Morgan fingerprint density at radius 3 is 2.24 bits per heavy atom. The number of ether oxygens (including phenoxy) is 1. The van der Waals surface area contributed by atoms with Crippen LogP contribution in [0.3, 0.4) is 0 Å². The van der Waals surface area contributed by atoms with E-state index in [4.69, 9.17) is 4.74 Å². The number of rotatable bonds is 1. The topological polar surface area (TPSA) is 26.3 Å². The lowest BCUT2D eigenvalue weighted by Crippen LogP contribution is -2.08. The Bertz CT molecular complexity index is 422. The molecule has 2 atom stereocenters. The number of hydrogen-bond acceptors (Lipinski definition) is 2. The Kier molecular flexibility index (Phi) is 2.85. The number of carbonyl (C=O) groups is 1. The van der Waals surface area contributed by atoms with Crippen LogP contribution in [0.4, 0.5) is 13.2 Å². The highest BCUT2D eigenvalue weighted by Gasteiger charge is 2.34. The van der Waals surface area contributed by atoms with Gasteiger partial charge >= 0.3 is 12.1 Å². The monoisotopic (exact) mass is 244 g/mol. The SMILES string of the molecule is CC1CC(c2ccc(C(F)(F)F)cc2)C(=O)O1. The fourth-order valence-electron chi connectivity index (χ4n) is 1.93. The van der Waals surface area contributed by atoms with E-state index >= 15 is 0 Å². The standard InChI is InChI=1S/C12H11F3O2/c1-7-6-10(11(16)17-7)8-2-4-9(5-3-8)12(13,14)15/h2-5,7,10H,6H2,1H3. The molecule has 2 unspecified atom stereocenters. The number of carbonyl (C=O) groups excluding carboxylic acids is 1. The molecule has 0 N–H and O–H groups in total. The second kappa shape index (κ2) is 4.05. The molecule has 1 aliphatic rings. The van der Waals surface area contributed by atoms with Crippen LogP contribution in [0.2, 0.25) is 0 Å². The fraction of sp³-hybridized carbons (Fsp3) is 0.417. The quantitative estimate of drug-likeness (QED) is 0.709. The van der Waals surface area contributed by atoms with Crippen LogP contribution in [0.1, 0.15) is 30.4 Å². The molecule has 1 aliphatic heterocycles. The van der Waals surface area contributed by atoms with Gasteiger partial charge in [0.2, 0.25) is 0 Å². The highest BCUT2D eigenvalue weighted by Crippen LogP contribution is 2.33. The normalized spacial score (nSPS) is 24.8. The summed E-state index contributed by atoms with van der Waals surface area (Å²) >= 11 is 0. The molecule has 0 bridgehead atoms. The Morgan fingerprint density at radius 1 is 1.24 bits per heavy atom. The molecule has 17 heavy (non-hydrogen) atoms. The minimum absolute atomic E-state index is 0.171. The van der Waals surface area contributed by atoms with E-state index in [0.717, 1.165) is 12.1 Å². The van der Waals surface area contributed by atoms with Crippen molar-refractivity contribution in [3.05, 3.63) is 35.4 Å². The number of halogens is 3. The van der Waals surface area contributed by atoms with Crippen molar-refractivity contribution in [2.24, 2.45) is 0 Å². The first-order valence-corrected chi connectivity index (χ1v) is 5.25. The Morgan fingerprint density at radius 2 is 1.82 bits per heavy atom. The van der Waals surface area contributed by atoms with Gasteiger partial charge in [-0.3, -0.25) is 4.79 Å². The number of hydrogen-bond donors (Lipinski definition) is 0. The molecule has 1 saturated heterocycles. The Hall–Kier alpha value is -1.52. The van der Waals surface area contributed by atoms with Gasteiger partial charge in [-0.1, -0.05) is 12.1 Å². The number of cyclic esters (lactones) is 1. The maximum absolute atomic E-state index is 12.3. The summed E-state index contributed by atoms with van der Waals surface area (Å²) < 4.78 is 42.0. The molecule has 1 aromatic carbocycles. The van der Waals surface area contributed by atoms with Gasteiger partial charge < -0.3 is 4.74 Å². The van der Waals surface area contributed by atoms with Crippen molar-refractivity contribution >= 4 is 5.97 Å². The molecule has 2 nitrogen and oxygen atoms in total. The molecule has 0 aliphatic carbocycles. The average molecular weight is 244 g/mol. The van der Waals surface area contributed by atoms with E-state index in [0.29, 0.717) is 12.0 Å². The fourth-order valence-corrected chi connectivity index (χ4v) is 1.93. The molecule has 0 amide bonds. The predicted molar refractivity (Wildman–Crippen MR) is 54.4 cm³/mol. The van der Waals surface area contributed by atoms with E-state index in [2.05, 4.69) is 0 Å². The van der Waals surface area contributed by atoms with Crippen LogP contribution < -0.4 is 0 Å². The smallest absolute Gasteiger partial charge is 0.416 e. The summed E-state index contributed by atoms with van der Waals surface area (Å²) in [5.74, 6) is -0.801. The maximum Gasteiger partial charge on any atom is 0.416 e. The zero-order chi connectivity index (χ0) is 12.6. The number of alkyl halides is 3. The second-order valence-corrected chi connectivity index (χ2v) is 4.16. The van der Waals surface area contributed by atoms with Crippen molar-refractivity contribution in [2.75, 3.05) is 0 Å². The average Bonchev–Trinajstić information content (AvgIpc) is 2.57. The van der Waals surface area contributed by atoms with Gasteiger partial charge in [0.25, 0.3) is 0 Å². The molecular formula is C12H11F3O2. The summed E-state index contributed by atoms with van der Waals surface area (Å²) in [6.07, 6.45) is -4.00. The van der Waals surface area contributed by atoms with Gasteiger partial charge in [0.1, 0.15) is 6.10 Å². The third kappa shape index (κ3) is 2.43. The summed E-state index contributed by atoms with van der Waals surface area (Å²) in [6, 6.07) is 4.66. The van der Waals surface area contributed by atoms with Gasteiger partial charge in [-0.15, -0.1) is 0 Å². The lowest BCUT2D eigenvalue weighted by molar-refractivity contribution is -0.142. The summed E-state index contributed by atoms with van der Waals surface area (Å²) in [4.78, 5) is 11.4. The first-order chi connectivity index (χ1) is 7.88. The molecule has 92 valence electrons. The largest absolute Gasteiger partial charge is 0.462 e. The molecular weight excluding hydrogens is 233 g/mol. The molecule has 0 aromatic heterocycles. The zero-order valence-corrected chi connectivity index (χ0v) is 9.12. The van der Waals surface area contributed by atoms with Crippen LogP contribution in [0.25, 0.3) is 0 Å². The molecule has 1 heterocycles. The van der Waals surface area contributed by atoms with Crippen LogP contribution >= 0.6 is 0 Å². The summed E-state index contributed by atoms with van der Waals surface area (Å²) in [7, 11) is 0. The molecule has 1 fully saturated rings. The van der Waals surface area contributed by atoms with Gasteiger partial charge in [-0.25, -0.2) is 0 Å². The number of benzene rings is 1. The molecule has 1 aromatic rings. The zero-order valence-electron chi connectivity index (χ0n) is 9.12. The van der Waals surface area contributed by atoms with E-state index in [1.165, 1.54) is 12.1 Å². The van der Waals surface area contributed by atoms with Crippen LogP contribution in [0, 0.1) is 0 Å². The molecule has 0 saturated carbocycles. The molecule has 0 spiro atoms. The van der Waals surface area contributed by atoms with E-state index in [9.17, 15) is 18.0 Å². The van der Waals surface area contributed by atoms with Crippen molar-refractivity contribution in [1.29, 1.82) is 0 Å². The van der Waals surface area contributed by atoms with Crippen LogP contribution in [0.5, 0.6) is 0 Å². The lowest BCUT2D eigenvalue weighted by Gasteiger charge is -2.09. The van der Waals surface area contributed by atoms with Crippen LogP contribution in [-0.4, -0.2) is 12.1 Å². The van der Waals surface area contributed by atoms with Gasteiger partial charge in [0.15, 0.2) is 0 Å². The third-order valence-corrected chi connectivity index (χ3v) is 2.81. The Labute approximate surface area is 96.4 Å². The Balaban J connectivity index is 2.22. The van der Waals surface area contributed by atoms with Gasteiger partial charge in [0.05, 0.1) is 11.5 Å². The van der Waals surface area contributed by atoms with Crippen molar-refractivity contribution < 1.29 is 22.7 Å².